The maximum atomic E-state index is 11.4. The van der Waals surface area contributed by atoms with E-state index in [0.29, 0.717) is 6.54 Å². The van der Waals surface area contributed by atoms with Gasteiger partial charge in [0, 0.05) is 12.7 Å². The smallest absolute Gasteiger partial charge is 0.414 e. The summed E-state index contributed by atoms with van der Waals surface area (Å²) in [5.74, 6) is 0. The average molecular weight is 185 g/mol. The highest BCUT2D eigenvalue weighted by atomic mass is 16.6. The third kappa shape index (κ3) is 5.28. The second kappa shape index (κ2) is 4.90. The van der Waals surface area contributed by atoms with Crippen LogP contribution in [-0.4, -0.2) is 23.1 Å². The molecule has 3 nitrogen and oxygen atoms in total. The van der Waals surface area contributed by atoms with Gasteiger partial charge in [0.2, 0.25) is 0 Å². The van der Waals surface area contributed by atoms with Crippen LogP contribution in [0.3, 0.4) is 0 Å². The van der Waals surface area contributed by atoms with E-state index in [9.17, 15) is 4.79 Å². The maximum Gasteiger partial charge on any atom is 0.414 e. The molecular weight excluding hydrogens is 166 g/mol. The predicted octanol–water partition coefficient (Wildman–Crippen LogP) is 2.78. The summed E-state index contributed by atoms with van der Waals surface area (Å²) in [6, 6.07) is 0. The van der Waals surface area contributed by atoms with Gasteiger partial charge in [0.1, 0.15) is 5.60 Å². The molecule has 0 radical (unpaired) electrons. The van der Waals surface area contributed by atoms with Gasteiger partial charge in [-0.2, -0.15) is 0 Å². The van der Waals surface area contributed by atoms with Crippen LogP contribution in [-0.2, 0) is 4.74 Å². The SMILES string of the molecule is C=CN(CCC)C(=O)OC(C)(C)C. The minimum atomic E-state index is -0.438. The molecule has 0 saturated carbocycles. The summed E-state index contributed by atoms with van der Waals surface area (Å²) in [5.41, 5.74) is -0.438. The molecule has 0 atom stereocenters. The number of hydrogen-bond acceptors (Lipinski definition) is 2. The molecule has 3 heteroatoms. The fourth-order valence-corrected chi connectivity index (χ4v) is 0.819. The summed E-state index contributed by atoms with van der Waals surface area (Å²) >= 11 is 0. The molecule has 0 aliphatic rings. The molecule has 0 rings (SSSR count). The lowest BCUT2D eigenvalue weighted by molar-refractivity contribution is 0.0336. The summed E-state index contributed by atoms with van der Waals surface area (Å²) in [6.07, 6.45) is 2.06. The van der Waals surface area contributed by atoms with Crippen molar-refractivity contribution in [3.8, 4) is 0 Å². The van der Waals surface area contributed by atoms with Crippen molar-refractivity contribution in [2.45, 2.75) is 39.7 Å². The van der Waals surface area contributed by atoms with Crippen molar-refractivity contribution < 1.29 is 9.53 Å². The molecule has 0 heterocycles. The monoisotopic (exact) mass is 185 g/mol. The highest BCUT2D eigenvalue weighted by Gasteiger charge is 2.19. The summed E-state index contributed by atoms with van der Waals surface area (Å²) < 4.78 is 5.16. The van der Waals surface area contributed by atoms with E-state index in [-0.39, 0.29) is 6.09 Å². The molecule has 0 fully saturated rings. The zero-order valence-electron chi connectivity index (χ0n) is 8.96. The van der Waals surface area contributed by atoms with E-state index < -0.39 is 5.60 Å². The Morgan fingerprint density at radius 3 is 2.38 bits per heavy atom. The van der Waals surface area contributed by atoms with E-state index in [2.05, 4.69) is 6.58 Å². The fraction of sp³-hybridized carbons (Fsp3) is 0.700. The third-order valence-corrected chi connectivity index (χ3v) is 1.31. The van der Waals surface area contributed by atoms with Crippen molar-refractivity contribution in [3.05, 3.63) is 12.8 Å². The second-order valence-electron chi connectivity index (χ2n) is 3.86. The van der Waals surface area contributed by atoms with Crippen LogP contribution < -0.4 is 0 Å². The van der Waals surface area contributed by atoms with E-state index in [0.717, 1.165) is 6.42 Å². The number of amides is 1. The first-order chi connectivity index (χ1) is 5.90. The number of nitrogens with zero attached hydrogens (tertiary/aromatic N) is 1. The first kappa shape index (κ1) is 12.0. The van der Waals surface area contributed by atoms with Gasteiger partial charge in [-0.1, -0.05) is 13.5 Å². The number of ether oxygens (including phenoxy) is 1. The quantitative estimate of drug-likeness (QED) is 0.676. The number of carbonyl (C=O) groups is 1. The lowest BCUT2D eigenvalue weighted by Crippen LogP contribution is -2.33. The molecule has 0 unspecified atom stereocenters. The molecule has 1 amide bonds. The lowest BCUT2D eigenvalue weighted by atomic mass is 10.2. The Morgan fingerprint density at radius 2 is 2.08 bits per heavy atom. The topological polar surface area (TPSA) is 29.5 Å². The van der Waals surface area contributed by atoms with Gasteiger partial charge in [-0.15, -0.1) is 0 Å². The van der Waals surface area contributed by atoms with E-state index in [4.69, 9.17) is 4.74 Å². The van der Waals surface area contributed by atoms with Crippen LogP contribution in [0.2, 0.25) is 0 Å². The summed E-state index contributed by atoms with van der Waals surface area (Å²) in [7, 11) is 0. The minimum Gasteiger partial charge on any atom is -0.443 e. The Labute approximate surface area is 80.4 Å². The fourth-order valence-electron chi connectivity index (χ4n) is 0.819. The van der Waals surface area contributed by atoms with Crippen LogP contribution in [0, 0.1) is 0 Å². The molecule has 0 aromatic carbocycles. The van der Waals surface area contributed by atoms with Crippen LogP contribution in [0.5, 0.6) is 0 Å². The number of rotatable bonds is 3. The Hall–Kier alpha value is -0.990. The zero-order valence-corrected chi connectivity index (χ0v) is 8.96. The lowest BCUT2D eigenvalue weighted by Gasteiger charge is -2.24. The molecule has 13 heavy (non-hydrogen) atoms. The van der Waals surface area contributed by atoms with Gasteiger partial charge >= 0.3 is 6.09 Å². The van der Waals surface area contributed by atoms with Gasteiger partial charge in [-0.25, -0.2) is 4.79 Å². The summed E-state index contributed by atoms with van der Waals surface area (Å²) in [5, 5.41) is 0. The molecule has 0 aliphatic carbocycles. The van der Waals surface area contributed by atoms with Gasteiger partial charge in [0.25, 0.3) is 0 Å². The van der Waals surface area contributed by atoms with Crippen LogP contribution in [0.25, 0.3) is 0 Å². The third-order valence-electron chi connectivity index (χ3n) is 1.31. The molecule has 0 bridgehead atoms. The van der Waals surface area contributed by atoms with Crippen LogP contribution in [0.4, 0.5) is 4.79 Å². The van der Waals surface area contributed by atoms with Crippen molar-refractivity contribution in [1.82, 2.24) is 4.90 Å². The standard InChI is InChI=1S/C10H19NO2/c1-6-8-11(7-2)9(12)13-10(3,4)5/h7H,2,6,8H2,1,3-5H3. The van der Waals surface area contributed by atoms with E-state index in [1.165, 1.54) is 11.1 Å². The Kier molecular flexibility index (Phi) is 4.52. The highest BCUT2D eigenvalue weighted by molar-refractivity contribution is 5.69. The predicted molar refractivity (Wildman–Crippen MR) is 53.4 cm³/mol. The van der Waals surface area contributed by atoms with Gasteiger partial charge in [-0.3, -0.25) is 4.90 Å². The summed E-state index contributed by atoms with van der Waals surface area (Å²) in [4.78, 5) is 12.9. The van der Waals surface area contributed by atoms with Crippen molar-refractivity contribution in [2.24, 2.45) is 0 Å². The van der Waals surface area contributed by atoms with Crippen LogP contribution in [0.15, 0.2) is 12.8 Å². The van der Waals surface area contributed by atoms with Crippen LogP contribution in [0.1, 0.15) is 34.1 Å². The highest BCUT2D eigenvalue weighted by Crippen LogP contribution is 2.10. The molecular formula is C10H19NO2. The number of hydrogen-bond donors (Lipinski definition) is 0. The molecule has 0 aromatic heterocycles. The van der Waals surface area contributed by atoms with Crippen molar-refractivity contribution in [2.75, 3.05) is 6.54 Å². The molecule has 0 aromatic rings. The molecule has 0 aliphatic heterocycles. The van der Waals surface area contributed by atoms with E-state index >= 15 is 0 Å². The Balaban J connectivity index is 4.14. The van der Waals surface area contributed by atoms with Gasteiger partial charge < -0.3 is 4.74 Å². The molecule has 0 saturated heterocycles. The van der Waals surface area contributed by atoms with Gasteiger partial charge in [0.05, 0.1) is 0 Å². The second-order valence-corrected chi connectivity index (χ2v) is 3.86. The molecule has 0 N–H and O–H groups in total. The largest absolute Gasteiger partial charge is 0.443 e. The first-order valence-electron chi connectivity index (χ1n) is 4.53. The Morgan fingerprint density at radius 1 is 1.54 bits per heavy atom. The van der Waals surface area contributed by atoms with Crippen LogP contribution >= 0.6 is 0 Å². The summed E-state index contributed by atoms with van der Waals surface area (Å²) in [6.45, 7) is 11.7. The molecule has 76 valence electrons. The van der Waals surface area contributed by atoms with Crippen molar-refractivity contribution in [3.63, 3.8) is 0 Å². The number of carbonyl (C=O) groups excluding carboxylic acids is 1. The first-order valence-corrected chi connectivity index (χ1v) is 4.53. The normalized spacial score (nSPS) is 10.8. The molecule has 0 spiro atoms. The minimum absolute atomic E-state index is 0.329. The van der Waals surface area contributed by atoms with Crippen molar-refractivity contribution >= 4 is 6.09 Å². The average Bonchev–Trinajstić information content (AvgIpc) is 1.96. The Bertz CT molecular complexity index is 182. The van der Waals surface area contributed by atoms with Gasteiger partial charge in [0.15, 0.2) is 0 Å². The van der Waals surface area contributed by atoms with Crippen molar-refractivity contribution in [1.29, 1.82) is 0 Å². The van der Waals surface area contributed by atoms with E-state index in [1.807, 2.05) is 27.7 Å². The zero-order chi connectivity index (χ0) is 10.5. The van der Waals surface area contributed by atoms with E-state index in [1.54, 1.807) is 0 Å². The maximum absolute atomic E-state index is 11.4. The van der Waals surface area contributed by atoms with Gasteiger partial charge in [-0.05, 0) is 27.2 Å².